The summed E-state index contributed by atoms with van der Waals surface area (Å²) in [4.78, 5) is 0. The van der Waals surface area contributed by atoms with Gasteiger partial charge in [-0.2, -0.15) is 0 Å². The summed E-state index contributed by atoms with van der Waals surface area (Å²) in [6, 6.07) is 5.69. The van der Waals surface area contributed by atoms with Gasteiger partial charge in [0.15, 0.2) is 0 Å². The molecule has 12 heavy (non-hydrogen) atoms. The number of hydrogen-bond acceptors (Lipinski definition) is 1. The zero-order valence-corrected chi connectivity index (χ0v) is 7.10. The highest BCUT2D eigenvalue weighted by Crippen LogP contribution is 2.19. The van der Waals surface area contributed by atoms with Crippen molar-refractivity contribution in [1.82, 2.24) is 5.32 Å². The molecule has 0 radical (unpaired) electrons. The van der Waals surface area contributed by atoms with E-state index < -0.39 is 0 Å². The second-order valence-electron chi connectivity index (χ2n) is 3.36. The van der Waals surface area contributed by atoms with Crippen molar-refractivity contribution >= 4 is 0 Å². The van der Waals surface area contributed by atoms with Crippen molar-refractivity contribution in [3.05, 3.63) is 35.1 Å². The van der Waals surface area contributed by atoms with E-state index in [-0.39, 0.29) is 5.82 Å². The molecule has 1 atom stereocenters. The molecule has 64 valence electrons. The number of nitrogens with one attached hydrogen (secondary N) is 1. The van der Waals surface area contributed by atoms with Crippen LogP contribution in [0.25, 0.3) is 0 Å². The van der Waals surface area contributed by atoms with Gasteiger partial charge in [0.05, 0.1) is 0 Å². The lowest BCUT2D eigenvalue weighted by atomic mass is 9.96. The van der Waals surface area contributed by atoms with E-state index in [4.69, 9.17) is 0 Å². The lowest BCUT2D eigenvalue weighted by Crippen LogP contribution is -2.33. The number of halogens is 1. The zero-order valence-electron chi connectivity index (χ0n) is 7.10. The predicted molar refractivity (Wildman–Crippen MR) is 46.4 cm³/mol. The van der Waals surface area contributed by atoms with Crippen LogP contribution >= 0.6 is 0 Å². The van der Waals surface area contributed by atoms with Gasteiger partial charge in [0.25, 0.3) is 0 Å². The molecule has 0 saturated heterocycles. The van der Waals surface area contributed by atoms with Gasteiger partial charge in [-0.25, -0.2) is 4.39 Å². The Morgan fingerprint density at radius 1 is 1.50 bits per heavy atom. The van der Waals surface area contributed by atoms with Crippen LogP contribution in [0.3, 0.4) is 0 Å². The molecule has 1 heterocycles. The highest BCUT2D eigenvalue weighted by Gasteiger charge is 2.16. The van der Waals surface area contributed by atoms with Gasteiger partial charge < -0.3 is 5.32 Å². The Labute approximate surface area is 71.6 Å². The summed E-state index contributed by atoms with van der Waals surface area (Å²) in [5.74, 6) is -0.0548. The van der Waals surface area contributed by atoms with Crippen LogP contribution in [0.1, 0.15) is 18.1 Å². The van der Waals surface area contributed by atoms with Crippen LogP contribution < -0.4 is 5.32 Å². The van der Waals surface area contributed by atoms with Crippen molar-refractivity contribution in [2.24, 2.45) is 0 Å². The third kappa shape index (κ3) is 1.23. The molecule has 1 aromatic carbocycles. The molecular weight excluding hydrogens is 153 g/mol. The summed E-state index contributed by atoms with van der Waals surface area (Å²) in [7, 11) is 0. The van der Waals surface area contributed by atoms with Gasteiger partial charge in [-0.05, 0) is 30.5 Å². The molecule has 2 rings (SSSR count). The molecule has 0 fully saturated rings. The molecule has 0 spiro atoms. The van der Waals surface area contributed by atoms with Crippen LogP contribution in [0.2, 0.25) is 0 Å². The second-order valence-corrected chi connectivity index (χ2v) is 3.36. The van der Waals surface area contributed by atoms with Gasteiger partial charge in [-0.3, -0.25) is 0 Å². The van der Waals surface area contributed by atoms with E-state index in [2.05, 4.69) is 12.2 Å². The number of fused-ring (bicyclic) bond motifs is 1. The van der Waals surface area contributed by atoms with Crippen LogP contribution in [0, 0.1) is 5.82 Å². The summed E-state index contributed by atoms with van der Waals surface area (Å²) >= 11 is 0. The minimum Gasteiger partial charge on any atom is -0.310 e. The molecule has 0 amide bonds. The lowest BCUT2D eigenvalue weighted by Gasteiger charge is -2.23. The molecule has 1 aliphatic heterocycles. The maximum Gasteiger partial charge on any atom is 0.126 e. The van der Waals surface area contributed by atoms with Crippen molar-refractivity contribution in [3.8, 4) is 0 Å². The number of rotatable bonds is 0. The number of benzene rings is 1. The average Bonchev–Trinajstić information content (AvgIpc) is 2.07. The van der Waals surface area contributed by atoms with Crippen molar-refractivity contribution < 1.29 is 4.39 Å². The van der Waals surface area contributed by atoms with E-state index in [9.17, 15) is 4.39 Å². The first-order valence-electron chi connectivity index (χ1n) is 4.27. The quantitative estimate of drug-likeness (QED) is 0.618. The van der Waals surface area contributed by atoms with Crippen molar-refractivity contribution in [2.75, 3.05) is 0 Å². The second kappa shape index (κ2) is 2.87. The van der Waals surface area contributed by atoms with Gasteiger partial charge in [0.1, 0.15) is 5.82 Å². The van der Waals surface area contributed by atoms with Crippen LogP contribution in [0.5, 0.6) is 0 Å². The summed E-state index contributed by atoms with van der Waals surface area (Å²) in [5, 5.41) is 3.30. The van der Waals surface area contributed by atoms with Gasteiger partial charge in [0.2, 0.25) is 0 Å². The fourth-order valence-corrected chi connectivity index (χ4v) is 1.66. The van der Waals surface area contributed by atoms with Crippen LogP contribution in [0.4, 0.5) is 4.39 Å². The SMILES string of the molecule is CC1Cc2c(F)cccc2CN1. The monoisotopic (exact) mass is 165 g/mol. The molecule has 1 aromatic rings. The standard InChI is InChI=1S/C10H12FN/c1-7-5-9-8(6-12-7)3-2-4-10(9)11/h2-4,7,12H,5-6H2,1H3. The molecular formula is C10H12FN. The summed E-state index contributed by atoms with van der Waals surface area (Å²) in [6.45, 7) is 2.88. The topological polar surface area (TPSA) is 12.0 Å². The molecule has 1 nitrogen and oxygen atoms in total. The maximum absolute atomic E-state index is 13.2. The average molecular weight is 165 g/mol. The first-order valence-corrected chi connectivity index (χ1v) is 4.27. The number of hydrogen-bond donors (Lipinski definition) is 1. The summed E-state index contributed by atoms with van der Waals surface area (Å²) in [5.41, 5.74) is 2.00. The normalized spacial score (nSPS) is 22.0. The van der Waals surface area contributed by atoms with Crippen molar-refractivity contribution in [2.45, 2.75) is 25.9 Å². The Bertz CT molecular complexity index is 296. The smallest absolute Gasteiger partial charge is 0.126 e. The van der Waals surface area contributed by atoms with Gasteiger partial charge in [-0.15, -0.1) is 0 Å². The first kappa shape index (κ1) is 7.74. The van der Waals surface area contributed by atoms with E-state index in [0.717, 1.165) is 24.1 Å². The first-order chi connectivity index (χ1) is 5.77. The fourth-order valence-electron chi connectivity index (χ4n) is 1.66. The van der Waals surface area contributed by atoms with Crippen LogP contribution in [0.15, 0.2) is 18.2 Å². The van der Waals surface area contributed by atoms with E-state index >= 15 is 0 Å². The molecule has 1 aliphatic rings. The van der Waals surface area contributed by atoms with Gasteiger partial charge in [0, 0.05) is 12.6 Å². The van der Waals surface area contributed by atoms with Gasteiger partial charge in [-0.1, -0.05) is 12.1 Å². The summed E-state index contributed by atoms with van der Waals surface area (Å²) < 4.78 is 13.2. The zero-order chi connectivity index (χ0) is 8.55. The Morgan fingerprint density at radius 3 is 3.17 bits per heavy atom. The van der Waals surface area contributed by atoms with E-state index in [1.165, 1.54) is 6.07 Å². The third-order valence-electron chi connectivity index (χ3n) is 2.37. The molecule has 0 saturated carbocycles. The van der Waals surface area contributed by atoms with Crippen LogP contribution in [-0.2, 0) is 13.0 Å². The molecule has 0 aliphatic carbocycles. The maximum atomic E-state index is 13.2. The van der Waals surface area contributed by atoms with Gasteiger partial charge >= 0.3 is 0 Å². The minimum atomic E-state index is -0.0548. The molecule has 2 heteroatoms. The predicted octanol–water partition coefficient (Wildman–Crippen LogP) is 1.86. The lowest BCUT2D eigenvalue weighted by molar-refractivity contribution is 0.490. The fraction of sp³-hybridized carbons (Fsp3) is 0.400. The van der Waals surface area contributed by atoms with Crippen LogP contribution in [-0.4, -0.2) is 6.04 Å². The highest BCUT2D eigenvalue weighted by atomic mass is 19.1. The van der Waals surface area contributed by atoms with E-state index in [1.807, 2.05) is 6.07 Å². The third-order valence-corrected chi connectivity index (χ3v) is 2.37. The Balaban J connectivity index is 2.43. The highest BCUT2D eigenvalue weighted by molar-refractivity contribution is 5.31. The molecule has 0 aromatic heterocycles. The minimum absolute atomic E-state index is 0.0548. The molecule has 0 bridgehead atoms. The molecule has 1 N–H and O–H groups in total. The molecule has 1 unspecified atom stereocenters. The van der Waals surface area contributed by atoms with E-state index in [1.54, 1.807) is 6.07 Å². The van der Waals surface area contributed by atoms with E-state index in [0.29, 0.717) is 6.04 Å². The van der Waals surface area contributed by atoms with Crippen molar-refractivity contribution in [1.29, 1.82) is 0 Å². The largest absolute Gasteiger partial charge is 0.310 e. The summed E-state index contributed by atoms with van der Waals surface area (Å²) in [6.07, 6.45) is 0.808. The Hall–Kier alpha value is -0.890. The Morgan fingerprint density at radius 2 is 2.33 bits per heavy atom. The van der Waals surface area contributed by atoms with Crippen molar-refractivity contribution in [3.63, 3.8) is 0 Å². The Kier molecular flexibility index (Phi) is 1.85.